The molecule has 6 aromatic rings. The Hall–Kier alpha value is -4.09. The van der Waals surface area contributed by atoms with Gasteiger partial charge >= 0.3 is 33.1 Å². The Balaban J connectivity index is 1.36. The highest BCUT2D eigenvalue weighted by molar-refractivity contribution is 6.47. The van der Waals surface area contributed by atoms with Crippen LogP contribution in [0.5, 0.6) is 0 Å². The zero-order valence-corrected chi connectivity index (χ0v) is 25.5. The highest BCUT2D eigenvalue weighted by Crippen LogP contribution is 2.30. The molecule has 0 atom stereocenters. The molecule has 43 heavy (non-hydrogen) atoms. The first-order chi connectivity index (χ1) is 20.8. The van der Waals surface area contributed by atoms with E-state index in [0.717, 1.165) is 0 Å². The van der Waals surface area contributed by atoms with Gasteiger partial charge in [0.05, 0.1) is 16.7 Å². The van der Waals surface area contributed by atoms with E-state index < -0.39 is 33.1 Å². The van der Waals surface area contributed by atoms with Crippen LogP contribution in [0.3, 0.4) is 0 Å². The van der Waals surface area contributed by atoms with Gasteiger partial charge in [-0.2, -0.15) is 0 Å². The molecule has 0 aliphatic rings. The van der Waals surface area contributed by atoms with E-state index >= 15 is 0 Å². The Bertz CT molecular complexity index is 1840. The predicted octanol–water partition coefficient (Wildman–Crippen LogP) is 8.96. The van der Waals surface area contributed by atoms with Crippen LogP contribution in [0.25, 0.3) is 32.3 Å². The third kappa shape index (κ3) is 5.79. The molecular weight excluding hydrogens is 626 g/mol. The van der Waals surface area contributed by atoms with Crippen LogP contribution >= 0.6 is 34.8 Å². The minimum absolute atomic E-state index is 0.165. The van der Waals surface area contributed by atoms with Crippen LogP contribution in [-0.4, -0.2) is 33.1 Å². The molecule has 0 amide bonds. The fraction of sp³-hybridized carbons (Fsp3) is 0. The summed E-state index contributed by atoms with van der Waals surface area (Å²) in [5, 5.41) is 4.81. The van der Waals surface area contributed by atoms with Crippen molar-refractivity contribution >= 4 is 100 Å². The smallest absolute Gasteiger partial charge is 0.547 e. The molecule has 6 nitrogen and oxygen atoms in total. The van der Waals surface area contributed by atoms with Crippen molar-refractivity contribution in [2.75, 3.05) is 0 Å². The van der Waals surface area contributed by atoms with E-state index in [1.165, 1.54) is 0 Å². The Labute approximate surface area is 265 Å². The zero-order chi connectivity index (χ0) is 30.1. The Kier molecular flexibility index (Phi) is 8.27. The van der Waals surface area contributed by atoms with Crippen LogP contribution in [0.15, 0.2) is 109 Å². The summed E-state index contributed by atoms with van der Waals surface area (Å²) in [4.78, 5) is 40.4. The number of rotatable bonds is 6. The van der Waals surface area contributed by atoms with Crippen LogP contribution < -0.4 is 0 Å². The van der Waals surface area contributed by atoms with E-state index in [9.17, 15) is 14.4 Å². The van der Waals surface area contributed by atoms with E-state index in [-0.39, 0.29) is 16.7 Å². The van der Waals surface area contributed by atoms with E-state index in [1.54, 1.807) is 109 Å². The zero-order valence-electron chi connectivity index (χ0n) is 22.1. The molecule has 0 radical (unpaired) electrons. The number of benzene rings is 6. The Morgan fingerprint density at radius 2 is 0.651 bits per heavy atom. The van der Waals surface area contributed by atoms with Gasteiger partial charge in [0.1, 0.15) is 0 Å². The molecule has 0 aliphatic carbocycles. The van der Waals surface area contributed by atoms with Crippen LogP contribution in [0.4, 0.5) is 0 Å². The molecule has 0 aromatic heterocycles. The third-order valence-corrected chi connectivity index (χ3v) is 9.08. The standard InChI is InChI=1S/3C11H7ClO2.Al/c3*12-10-6-2-3-7-8(10)4-1-5-9(7)11(13)14;/h3*1-6H,(H,13,14);/q;;;+3/p-3. The summed E-state index contributed by atoms with van der Waals surface area (Å²) < 4.78 is 17.0. The van der Waals surface area contributed by atoms with Crippen molar-refractivity contribution in [1.29, 1.82) is 0 Å². The number of carbonyl (C=O) groups is 3. The maximum atomic E-state index is 13.5. The fourth-order valence-electron chi connectivity index (χ4n) is 4.87. The summed E-state index contributed by atoms with van der Waals surface area (Å²) in [6.07, 6.45) is 0. The molecule has 210 valence electrons. The van der Waals surface area contributed by atoms with Crippen LogP contribution in [0, 0.1) is 0 Å². The topological polar surface area (TPSA) is 78.9 Å². The molecule has 0 unspecified atom stereocenters. The summed E-state index contributed by atoms with van der Waals surface area (Å²) in [6.45, 7) is 0. The van der Waals surface area contributed by atoms with Gasteiger partial charge in [0, 0.05) is 31.2 Å². The molecule has 0 spiro atoms. The van der Waals surface area contributed by atoms with Gasteiger partial charge in [-0.05, 0) is 52.6 Å². The van der Waals surface area contributed by atoms with Crippen molar-refractivity contribution in [3.63, 3.8) is 0 Å². The molecule has 0 saturated carbocycles. The van der Waals surface area contributed by atoms with Gasteiger partial charge in [-0.25, -0.2) is 14.4 Å². The van der Waals surface area contributed by atoms with E-state index in [4.69, 9.17) is 46.2 Å². The molecule has 6 aromatic carbocycles. The Morgan fingerprint density at radius 1 is 0.395 bits per heavy atom. The third-order valence-electron chi connectivity index (χ3n) is 6.88. The molecule has 6 rings (SSSR count). The predicted molar refractivity (Wildman–Crippen MR) is 169 cm³/mol. The molecule has 0 bridgehead atoms. The quantitative estimate of drug-likeness (QED) is 0.169. The maximum absolute atomic E-state index is 13.5. The lowest BCUT2D eigenvalue weighted by Gasteiger charge is -2.16. The summed E-state index contributed by atoms with van der Waals surface area (Å²) in [5.74, 6) is -2.52. The molecule has 0 N–H and O–H groups in total. The van der Waals surface area contributed by atoms with Gasteiger partial charge in [0.25, 0.3) is 0 Å². The molecule has 0 fully saturated rings. The maximum Gasteiger partial charge on any atom is 1.20 e. The molecule has 0 aliphatic heterocycles. The summed E-state index contributed by atoms with van der Waals surface area (Å²) in [6, 6.07) is 30.3. The highest BCUT2D eigenvalue weighted by Gasteiger charge is 2.50. The van der Waals surface area contributed by atoms with Crippen molar-refractivity contribution < 1.29 is 25.7 Å². The summed E-state index contributed by atoms with van der Waals surface area (Å²) in [5.41, 5.74) is 0.496. The molecule has 10 heteroatoms. The van der Waals surface area contributed by atoms with Gasteiger partial charge < -0.3 is 11.4 Å². The first-order valence-corrected chi connectivity index (χ1v) is 15.5. The monoisotopic (exact) mass is 642 g/mol. The van der Waals surface area contributed by atoms with Gasteiger partial charge in [-0.1, -0.05) is 108 Å². The minimum Gasteiger partial charge on any atom is -0.547 e. The van der Waals surface area contributed by atoms with Crippen molar-refractivity contribution in [3.8, 4) is 0 Å². The van der Waals surface area contributed by atoms with Gasteiger partial charge in [0.15, 0.2) is 0 Å². The van der Waals surface area contributed by atoms with Crippen LogP contribution in [0.1, 0.15) is 31.1 Å². The second kappa shape index (κ2) is 12.3. The lowest BCUT2D eigenvalue weighted by molar-refractivity contribution is 0.0413. The number of halogens is 3. The van der Waals surface area contributed by atoms with E-state index in [0.29, 0.717) is 47.4 Å². The molecule has 0 saturated heterocycles. The SMILES string of the molecule is O=C([O][Al]([O]C(=O)c1cccc2c(Cl)cccc12)[O]C(=O)c1cccc2c(Cl)cccc12)c1cccc2c(Cl)cccc12. The van der Waals surface area contributed by atoms with Gasteiger partial charge in [-0.3, -0.25) is 0 Å². The van der Waals surface area contributed by atoms with E-state index in [2.05, 4.69) is 0 Å². The average molecular weight is 644 g/mol. The van der Waals surface area contributed by atoms with Crippen molar-refractivity contribution in [1.82, 2.24) is 0 Å². The summed E-state index contributed by atoms with van der Waals surface area (Å²) >= 11 is 15.1. The molecule has 0 heterocycles. The van der Waals surface area contributed by atoms with E-state index in [1.807, 2.05) is 0 Å². The average Bonchev–Trinajstić information content (AvgIpc) is 3.01. The first-order valence-electron chi connectivity index (χ1n) is 13.0. The normalized spacial score (nSPS) is 11.0. The highest BCUT2D eigenvalue weighted by atomic mass is 35.5. The number of fused-ring (bicyclic) bond motifs is 3. The first kappa shape index (κ1) is 29.0. The van der Waals surface area contributed by atoms with Crippen LogP contribution in [-0.2, 0) is 11.4 Å². The van der Waals surface area contributed by atoms with Crippen LogP contribution in [0.2, 0.25) is 15.1 Å². The fourth-order valence-corrected chi connectivity index (χ4v) is 6.64. The summed E-state index contributed by atoms with van der Waals surface area (Å²) in [7, 11) is 0. The largest absolute Gasteiger partial charge is 1.20 e. The van der Waals surface area contributed by atoms with Crippen molar-refractivity contribution in [3.05, 3.63) is 141 Å². The lowest BCUT2D eigenvalue weighted by atomic mass is 10.0. The second-order valence-electron chi connectivity index (χ2n) is 9.43. The number of carbonyl (C=O) groups excluding carboxylic acids is 3. The van der Waals surface area contributed by atoms with Crippen molar-refractivity contribution in [2.45, 2.75) is 0 Å². The minimum atomic E-state index is -3.84. The second-order valence-corrected chi connectivity index (χ2v) is 11.9. The lowest BCUT2D eigenvalue weighted by Crippen LogP contribution is -2.35. The van der Waals surface area contributed by atoms with Gasteiger partial charge in [-0.15, -0.1) is 0 Å². The number of hydrogen-bond acceptors (Lipinski definition) is 6. The number of hydrogen-bond donors (Lipinski definition) is 0. The molecular formula is C33H18AlCl3O6. The van der Waals surface area contributed by atoms with Gasteiger partial charge in [0.2, 0.25) is 0 Å². The Morgan fingerprint density at radius 3 is 0.953 bits per heavy atom. The van der Waals surface area contributed by atoms with Crippen molar-refractivity contribution in [2.24, 2.45) is 0 Å².